The number of carbonyl (C=O) groups is 2. The van der Waals surface area contributed by atoms with E-state index in [-0.39, 0.29) is 5.91 Å². The average molecular weight is 305 g/mol. The van der Waals surface area contributed by atoms with Gasteiger partial charge in [0.2, 0.25) is 5.91 Å². The minimum atomic E-state index is -0.953. The number of hydrogen-bond donors (Lipinski definition) is 1. The van der Waals surface area contributed by atoms with Crippen LogP contribution in [0.4, 0.5) is 0 Å². The number of nitrogens with zero attached hydrogens (tertiary/aromatic N) is 1. The third kappa shape index (κ3) is 3.39. The summed E-state index contributed by atoms with van der Waals surface area (Å²) in [5, 5.41) is 9.10. The first-order valence-electron chi connectivity index (χ1n) is 7.00. The van der Waals surface area contributed by atoms with E-state index in [9.17, 15) is 9.59 Å². The quantitative estimate of drug-likeness (QED) is 0.839. The molecule has 0 saturated carbocycles. The van der Waals surface area contributed by atoms with Crippen molar-refractivity contribution >= 4 is 18.0 Å². The predicted octanol–water partition coefficient (Wildman–Crippen LogP) is 1.79. The number of benzene rings is 1. The normalized spacial score (nSPS) is 17.7. The minimum absolute atomic E-state index is 0.292. The third-order valence-corrected chi connectivity index (χ3v) is 3.65. The summed E-state index contributed by atoms with van der Waals surface area (Å²) in [6.07, 6.45) is 4.25. The molecule has 0 radical (unpaired) electrons. The zero-order chi connectivity index (χ0) is 16.1. The molecule has 1 saturated heterocycles. The van der Waals surface area contributed by atoms with Crippen LogP contribution in [0, 0.1) is 0 Å². The second-order valence-corrected chi connectivity index (χ2v) is 4.98. The summed E-state index contributed by atoms with van der Waals surface area (Å²) in [5.41, 5.74) is 0.775. The fourth-order valence-electron chi connectivity index (χ4n) is 2.51. The highest BCUT2D eigenvalue weighted by Crippen LogP contribution is 2.28. The Morgan fingerprint density at radius 1 is 1.27 bits per heavy atom. The van der Waals surface area contributed by atoms with Crippen molar-refractivity contribution < 1.29 is 24.2 Å². The lowest BCUT2D eigenvalue weighted by atomic mass is 10.1. The van der Waals surface area contributed by atoms with Gasteiger partial charge in [-0.05, 0) is 36.6 Å². The number of likely N-dealkylation sites (tertiary alicyclic amines) is 1. The van der Waals surface area contributed by atoms with E-state index in [0.29, 0.717) is 30.9 Å². The molecular formula is C16H19NO5. The Morgan fingerprint density at radius 3 is 2.64 bits per heavy atom. The summed E-state index contributed by atoms with van der Waals surface area (Å²) in [6, 6.07) is 4.58. The number of rotatable bonds is 5. The molecule has 6 heteroatoms. The number of hydrogen-bond acceptors (Lipinski definition) is 4. The molecule has 6 nitrogen and oxygen atoms in total. The van der Waals surface area contributed by atoms with E-state index in [4.69, 9.17) is 14.6 Å². The van der Waals surface area contributed by atoms with Gasteiger partial charge < -0.3 is 19.5 Å². The smallest absolute Gasteiger partial charge is 0.326 e. The monoisotopic (exact) mass is 305 g/mol. The molecule has 22 heavy (non-hydrogen) atoms. The molecule has 0 spiro atoms. The largest absolute Gasteiger partial charge is 0.493 e. The number of aliphatic carboxylic acids is 1. The van der Waals surface area contributed by atoms with Gasteiger partial charge in [0.15, 0.2) is 11.5 Å². The molecule has 1 aliphatic heterocycles. The van der Waals surface area contributed by atoms with Crippen LogP contribution in [0.15, 0.2) is 24.3 Å². The van der Waals surface area contributed by atoms with Gasteiger partial charge in [-0.25, -0.2) is 4.79 Å². The second kappa shape index (κ2) is 6.98. The van der Waals surface area contributed by atoms with Crippen LogP contribution in [-0.2, 0) is 9.59 Å². The molecule has 0 aliphatic carbocycles. The molecule has 1 aromatic rings. The summed E-state index contributed by atoms with van der Waals surface area (Å²) in [6.45, 7) is 0.478. The molecule has 0 bridgehead atoms. The SMILES string of the molecule is COc1ccc(C=CC(=O)N2CCC[C@H]2C(=O)O)cc1OC. The van der Waals surface area contributed by atoms with Crippen LogP contribution in [0.2, 0.25) is 0 Å². The fraction of sp³-hybridized carbons (Fsp3) is 0.375. The van der Waals surface area contributed by atoms with E-state index in [1.807, 2.05) is 0 Å². The van der Waals surface area contributed by atoms with Gasteiger partial charge >= 0.3 is 5.97 Å². The lowest BCUT2D eigenvalue weighted by molar-refractivity contribution is -0.146. The van der Waals surface area contributed by atoms with Crippen molar-refractivity contribution in [2.75, 3.05) is 20.8 Å². The van der Waals surface area contributed by atoms with Crippen LogP contribution in [0.5, 0.6) is 11.5 Å². The molecule has 1 fully saturated rings. The molecule has 1 amide bonds. The maximum Gasteiger partial charge on any atom is 0.326 e. The van der Waals surface area contributed by atoms with E-state index in [0.717, 1.165) is 5.56 Å². The van der Waals surface area contributed by atoms with Crippen LogP contribution in [-0.4, -0.2) is 48.7 Å². The number of methoxy groups -OCH3 is 2. The van der Waals surface area contributed by atoms with Crippen molar-refractivity contribution in [1.29, 1.82) is 0 Å². The lowest BCUT2D eigenvalue weighted by Gasteiger charge is -2.19. The molecular weight excluding hydrogens is 286 g/mol. The number of ether oxygens (including phenoxy) is 2. The number of carboxylic acid groups (broad SMARTS) is 1. The Morgan fingerprint density at radius 2 is 2.00 bits per heavy atom. The summed E-state index contributed by atoms with van der Waals surface area (Å²) in [7, 11) is 3.09. The second-order valence-electron chi connectivity index (χ2n) is 4.98. The van der Waals surface area contributed by atoms with E-state index in [1.54, 1.807) is 31.4 Å². The van der Waals surface area contributed by atoms with Crippen molar-refractivity contribution in [1.82, 2.24) is 4.90 Å². The Balaban J connectivity index is 2.11. The molecule has 1 N–H and O–H groups in total. The standard InChI is InChI=1S/C16H19NO5/c1-21-13-7-5-11(10-14(13)22-2)6-8-15(18)17-9-3-4-12(17)16(19)20/h5-8,10,12H,3-4,9H2,1-2H3,(H,19,20)/t12-/m0/s1. The van der Waals surface area contributed by atoms with E-state index >= 15 is 0 Å². The van der Waals surface area contributed by atoms with Gasteiger partial charge in [0.25, 0.3) is 0 Å². The first-order chi connectivity index (χ1) is 10.6. The van der Waals surface area contributed by atoms with Crippen LogP contribution in [0.1, 0.15) is 18.4 Å². The predicted molar refractivity (Wildman–Crippen MR) is 81.0 cm³/mol. The maximum atomic E-state index is 12.1. The average Bonchev–Trinajstić information content (AvgIpc) is 3.02. The van der Waals surface area contributed by atoms with Crippen molar-refractivity contribution in [2.45, 2.75) is 18.9 Å². The van der Waals surface area contributed by atoms with Crippen molar-refractivity contribution in [3.05, 3.63) is 29.8 Å². The molecule has 1 aliphatic rings. The van der Waals surface area contributed by atoms with Gasteiger partial charge in [0.05, 0.1) is 14.2 Å². The molecule has 2 rings (SSSR count). The Kier molecular flexibility index (Phi) is 5.04. The third-order valence-electron chi connectivity index (χ3n) is 3.65. The summed E-state index contributed by atoms with van der Waals surface area (Å²) in [5.74, 6) is -0.0665. The molecule has 1 atom stereocenters. The van der Waals surface area contributed by atoms with Crippen LogP contribution < -0.4 is 9.47 Å². The first-order valence-corrected chi connectivity index (χ1v) is 7.00. The van der Waals surface area contributed by atoms with Crippen LogP contribution in [0.25, 0.3) is 6.08 Å². The van der Waals surface area contributed by atoms with Gasteiger partial charge in [0, 0.05) is 12.6 Å². The molecule has 1 aromatic carbocycles. The van der Waals surface area contributed by atoms with Crippen LogP contribution in [0.3, 0.4) is 0 Å². The highest BCUT2D eigenvalue weighted by molar-refractivity contribution is 5.94. The topological polar surface area (TPSA) is 76.1 Å². The van der Waals surface area contributed by atoms with Crippen molar-refractivity contribution in [3.63, 3.8) is 0 Å². The zero-order valence-corrected chi connectivity index (χ0v) is 12.6. The van der Waals surface area contributed by atoms with Gasteiger partial charge in [-0.1, -0.05) is 6.07 Å². The molecule has 118 valence electrons. The number of amides is 1. The van der Waals surface area contributed by atoms with Crippen molar-refractivity contribution in [3.8, 4) is 11.5 Å². The highest BCUT2D eigenvalue weighted by Gasteiger charge is 2.32. The van der Waals surface area contributed by atoms with Gasteiger partial charge in [-0.15, -0.1) is 0 Å². The summed E-state index contributed by atoms with van der Waals surface area (Å²) in [4.78, 5) is 24.6. The van der Waals surface area contributed by atoms with Crippen LogP contribution >= 0.6 is 0 Å². The highest BCUT2D eigenvalue weighted by atomic mass is 16.5. The van der Waals surface area contributed by atoms with E-state index < -0.39 is 12.0 Å². The first kappa shape index (κ1) is 15.9. The maximum absolute atomic E-state index is 12.1. The Labute approximate surface area is 128 Å². The summed E-state index contributed by atoms with van der Waals surface area (Å²) >= 11 is 0. The summed E-state index contributed by atoms with van der Waals surface area (Å²) < 4.78 is 10.3. The van der Waals surface area contributed by atoms with Crippen molar-refractivity contribution in [2.24, 2.45) is 0 Å². The molecule has 0 aromatic heterocycles. The van der Waals surface area contributed by atoms with Gasteiger partial charge in [-0.3, -0.25) is 4.79 Å². The lowest BCUT2D eigenvalue weighted by Crippen LogP contribution is -2.39. The van der Waals surface area contributed by atoms with Gasteiger partial charge in [0.1, 0.15) is 6.04 Å². The van der Waals surface area contributed by atoms with E-state index in [2.05, 4.69) is 0 Å². The zero-order valence-electron chi connectivity index (χ0n) is 12.6. The number of carboxylic acids is 1. The Hall–Kier alpha value is -2.50. The molecule has 0 unspecified atom stereocenters. The van der Waals surface area contributed by atoms with Gasteiger partial charge in [-0.2, -0.15) is 0 Å². The molecule has 1 heterocycles. The van der Waals surface area contributed by atoms with E-state index in [1.165, 1.54) is 18.1 Å². The minimum Gasteiger partial charge on any atom is -0.493 e. The number of carbonyl (C=O) groups excluding carboxylic acids is 1. The Bertz CT molecular complexity index is 596. The fourth-order valence-corrected chi connectivity index (χ4v) is 2.51.